The van der Waals surface area contributed by atoms with Crippen LogP contribution in [0.3, 0.4) is 0 Å². The summed E-state index contributed by atoms with van der Waals surface area (Å²) in [6.45, 7) is 3.59. The highest BCUT2D eigenvalue weighted by Gasteiger charge is 2.35. The number of imide groups is 1. The maximum atomic E-state index is 13.0. The third kappa shape index (κ3) is 5.42. The van der Waals surface area contributed by atoms with Gasteiger partial charge in [0.25, 0.3) is 11.8 Å². The fourth-order valence-corrected chi connectivity index (χ4v) is 4.34. The topological polar surface area (TPSA) is 101 Å². The number of halogens is 2. The number of hydrogen-bond acceptors (Lipinski definition) is 6. The number of carbonyl (C=O) groups excluding carboxylic acids is 3. The molecule has 0 bridgehead atoms. The Hall–Kier alpha value is -4.12. The van der Waals surface area contributed by atoms with E-state index in [0.29, 0.717) is 39.7 Å². The molecule has 0 fully saturated rings. The van der Waals surface area contributed by atoms with Gasteiger partial charge in [0.2, 0.25) is 0 Å². The van der Waals surface area contributed by atoms with Crippen LogP contribution in [0.2, 0.25) is 10.0 Å². The second kappa shape index (κ2) is 11.5. The van der Waals surface area contributed by atoms with Crippen LogP contribution in [-0.2, 0) is 20.9 Å². The third-order valence-corrected chi connectivity index (χ3v) is 6.67. The molecule has 0 N–H and O–H groups in total. The van der Waals surface area contributed by atoms with Crippen LogP contribution < -0.4 is 0 Å². The molecule has 4 rings (SSSR count). The van der Waals surface area contributed by atoms with Crippen molar-refractivity contribution in [2.75, 3.05) is 6.54 Å². The van der Waals surface area contributed by atoms with E-state index in [1.54, 1.807) is 61.5 Å². The molecule has 0 saturated carbocycles. The Morgan fingerprint density at radius 3 is 2.55 bits per heavy atom. The largest absolute Gasteiger partial charge is 0.457 e. The number of esters is 1. The Morgan fingerprint density at radius 2 is 1.84 bits per heavy atom. The zero-order chi connectivity index (χ0) is 27.4. The van der Waals surface area contributed by atoms with Crippen LogP contribution in [0, 0.1) is 11.3 Å². The first-order chi connectivity index (χ1) is 18.2. The highest BCUT2D eigenvalue weighted by atomic mass is 35.5. The first-order valence-corrected chi connectivity index (χ1v) is 12.5. The molecule has 0 spiro atoms. The molecule has 38 heavy (non-hydrogen) atoms. The second-order valence-electron chi connectivity index (χ2n) is 8.50. The van der Waals surface area contributed by atoms with Gasteiger partial charge in [-0.3, -0.25) is 14.5 Å². The van der Waals surface area contributed by atoms with Gasteiger partial charge in [-0.1, -0.05) is 48.3 Å². The SMILES string of the molecule is CCCN1C(=O)C(C#N)=C(C)/C(=C/c2ccc(-c3ccc(Cl)c(C(=O)OCc4ccccc4Cl)c3)o2)C1=O. The lowest BCUT2D eigenvalue weighted by Gasteiger charge is -2.26. The molecule has 0 saturated heterocycles. The number of amides is 2. The molecule has 0 atom stereocenters. The van der Waals surface area contributed by atoms with Gasteiger partial charge < -0.3 is 9.15 Å². The lowest BCUT2D eigenvalue weighted by molar-refractivity contribution is -0.140. The van der Waals surface area contributed by atoms with E-state index in [9.17, 15) is 19.6 Å². The minimum absolute atomic E-state index is 0.0132. The van der Waals surface area contributed by atoms with E-state index in [0.717, 1.165) is 4.90 Å². The Bertz CT molecular complexity index is 1540. The van der Waals surface area contributed by atoms with Crippen LogP contribution in [0.15, 0.2) is 75.7 Å². The smallest absolute Gasteiger partial charge is 0.340 e. The van der Waals surface area contributed by atoms with Gasteiger partial charge in [-0.25, -0.2) is 4.79 Å². The molecule has 2 heterocycles. The van der Waals surface area contributed by atoms with Crippen molar-refractivity contribution in [3.8, 4) is 17.4 Å². The van der Waals surface area contributed by atoms with E-state index in [1.165, 1.54) is 6.08 Å². The molecule has 2 amide bonds. The van der Waals surface area contributed by atoms with Crippen molar-refractivity contribution in [3.63, 3.8) is 0 Å². The summed E-state index contributed by atoms with van der Waals surface area (Å²) in [4.78, 5) is 39.4. The van der Waals surface area contributed by atoms with Crippen molar-refractivity contribution in [3.05, 3.63) is 98.2 Å². The molecule has 0 aliphatic carbocycles. The fourth-order valence-electron chi connectivity index (χ4n) is 3.96. The van der Waals surface area contributed by atoms with Gasteiger partial charge in [0, 0.05) is 28.3 Å². The van der Waals surface area contributed by atoms with Gasteiger partial charge in [-0.15, -0.1) is 0 Å². The molecule has 1 aromatic heterocycles. The molecule has 7 nitrogen and oxygen atoms in total. The summed E-state index contributed by atoms with van der Waals surface area (Å²) in [5.74, 6) is -0.946. The van der Waals surface area contributed by atoms with Gasteiger partial charge in [0.1, 0.15) is 29.8 Å². The van der Waals surface area contributed by atoms with E-state index in [-0.39, 0.29) is 34.9 Å². The lowest BCUT2D eigenvalue weighted by atomic mass is 9.94. The number of nitriles is 1. The maximum Gasteiger partial charge on any atom is 0.340 e. The standard InChI is InChI=1S/C29H22Cl2N2O5/c1-3-12-33-27(34)21(17(2)23(15-32)28(33)35)14-20-9-11-26(38-20)18-8-10-25(31)22(13-18)29(36)37-16-19-6-4-5-7-24(19)30/h4-11,13-14H,3,12,16H2,1-2H3/b21-14-. The summed E-state index contributed by atoms with van der Waals surface area (Å²) in [7, 11) is 0. The van der Waals surface area contributed by atoms with Gasteiger partial charge in [0.05, 0.1) is 10.6 Å². The molecule has 192 valence electrons. The number of ether oxygens (including phenoxy) is 1. The lowest BCUT2D eigenvalue weighted by Crippen LogP contribution is -2.43. The van der Waals surface area contributed by atoms with E-state index in [2.05, 4.69) is 0 Å². The summed E-state index contributed by atoms with van der Waals surface area (Å²) >= 11 is 12.4. The first kappa shape index (κ1) is 26.9. The van der Waals surface area contributed by atoms with E-state index in [4.69, 9.17) is 32.4 Å². The summed E-state index contributed by atoms with van der Waals surface area (Å²) < 4.78 is 11.3. The third-order valence-electron chi connectivity index (χ3n) is 5.97. The number of rotatable bonds is 7. The summed E-state index contributed by atoms with van der Waals surface area (Å²) in [6.07, 6.45) is 2.06. The Kier molecular flexibility index (Phi) is 8.16. The van der Waals surface area contributed by atoms with Crippen LogP contribution in [0.5, 0.6) is 0 Å². The molecule has 1 aliphatic rings. The monoisotopic (exact) mass is 548 g/mol. The van der Waals surface area contributed by atoms with Crippen molar-refractivity contribution in [1.29, 1.82) is 5.26 Å². The number of benzene rings is 2. The first-order valence-electron chi connectivity index (χ1n) is 11.7. The number of carbonyl (C=O) groups is 3. The Morgan fingerprint density at radius 1 is 1.08 bits per heavy atom. The molecule has 0 unspecified atom stereocenters. The van der Waals surface area contributed by atoms with Crippen molar-refractivity contribution >= 4 is 47.1 Å². The summed E-state index contributed by atoms with van der Waals surface area (Å²) in [5, 5.41) is 10.2. The predicted octanol–water partition coefficient (Wildman–Crippen LogP) is 6.61. The van der Waals surface area contributed by atoms with Crippen LogP contribution in [0.25, 0.3) is 17.4 Å². The molecule has 1 aliphatic heterocycles. The molecule has 3 aromatic rings. The minimum atomic E-state index is -0.621. The highest BCUT2D eigenvalue weighted by Crippen LogP contribution is 2.31. The average molecular weight is 549 g/mol. The van der Waals surface area contributed by atoms with Crippen molar-refractivity contribution in [2.24, 2.45) is 0 Å². The van der Waals surface area contributed by atoms with Gasteiger partial charge >= 0.3 is 5.97 Å². The van der Waals surface area contributed by atoms with Crippen molar-refractivity contribution < 1.29 is 23.5 Å². The predicted molar refractivity (Wildman–Crippen MR) is 143 cm³/mol. The minimum Gasteiger partial charge on any atom is -0.457 e. The molecule has 2 aromatic carbocycles. The quantitative estimate of drug-likeness (QED) is 0.187. The zero-order valence-electron chi connectivity index (χ0n) is 20.6. The molecule has 0 radical (unpaired) electrons. The van der Waals surface area contributed by atoms with E-state index >= 15 is 0 Å². The molecular formula is C29H22Cl2N2O5. The van der Waals surface area contributed by atoms with Gasteiger partial charge in [-0.2, -0.15) is 5.26 Å². The number of hydrogen-bond donors (Lipinski definition) is 0. The summed E-state index contributed by atoms with van der Waals surface area (Å²) in [5.41, 5.74) is 1.80. The van der Waals surface area contributed by atoms with Gasteiger partial charge in [-0.05, 0) is 61.4 Å². The molecular weight excluding hydrogens is 527 g/mol. The average Bonchev–Trinajstić information content (AvgIpc) is 3.38. The van der Waals surface area contributed by atoms with E-state index < -0.39 is 17.8 Å². The fraction of sp³-hybridized carbons (Fsp3) is 0.172. The Balaban J connectivity index is 1.60. The van der Waals surface area contributed by atoms with Crippen molar-refractivity contribution in [1.82, 2.24) is 4.90 Å². The Labute approximate surface area is 229 Å². The highest BCUT2D eigenvalue weighted by molar-refractivity contribution is 6.33. The summed E-state index contributed by atoms with van der Waals surface area (Å²) in [6, 6.07) is 17.1. The maximum absolute atomic E-state index is 13.0. The number of furan rings is 1. The zero-order valence-corrected chi connectivity index (χ0v) is 22.1. The number of nitrogens with zero attached hydrogens (tertiary/aromatic N) is 2. The van der Waals surface area contributed by atoms with Crippen molar-refractivity contribution in [2.45, 2.75) is 26.9 Å². The van der Waals surface area contributed by atoms with Gasteiger partial charge in [0.15, 0.2) is 0 Å². The van der Waals surface area contributed by atoms with E-state index in [1.807, 2.05) is 13.0 Å². The van der Waals surface area contributed by atoms with Crippen LogP contribution in [0.1, 0.15) is 41.9 Å². The van der Waals surface area contributed by atoms with Crippen LogP contribution in [0.4, 0.5) is 0 Å². The van der Waals surface area contributed by atoms with Crippen LogP contribution >= 0.6 is 23.2 Å². The normalized spacial score (nSPS) is 14.7. The van der Waals surface area contributed by atoms with Crippen LogP contribution in [-0.4, -0.2) is 29.2 Å². The molecule has 9 heteroatoms. The second-order valence-corrected chi connectivity index (χ2v) is 9.31.